The number of hydrogen-bond acceptors (Lipinski definition) is 3. The largest absolute Gasteiger partial charge is 0.467 e. The first-order chi connectivity index (χ1) is 9.70. The Kier molecular flexibility index (Phi) is 5.21. The summed E-state index contributed by atoms with van der Waals surface area (Å²) >= 11 is 0. The van der Waals surface area contributed by atoms with E-state index in [4.69, 9.17) is 4.42 Å². The van der Waals surface area contributed by atoms with Gasteiger partial charge in [0.15, 0.2) is 0 Å². The van der Waals surface area contributed by atoms with Gasteiger partial charge < -0.3 is 14.6 Å². The van der Waals surface area contributed by atoms with Crippen molar-refractivity contribution < 1.29 is 14.0 Å². The van der Waals surface area contributed by atoms with Crippen molar-refractivity contribution in [1.82, 2.24) is 10.2 Å². The fraction of sp³-hybridized carbons (Fsp3) is 0.600. The Morgan fingerprint density at radius 2 is 2.15 bits per heavy atom. The van der Waals surface area contributed by atoms with Crippen LogP contribution in [0.5, 0.6) is 0 Å². The number of hydrogen-bond donors (Lipinski definition) is 1. The van der Waals surface area contributed by atoms with Gasteiger partial charge in [-0.2, -0.15) is 0 Å². The van der Waals surface area contributed by atoms with E-state index in [2.05, 4.69) is 5.32 Å². The molecule has 2 rings (SSSR count). The van der Waals surface area contributed by atoms with Crippen LogP contribution < -0.4 is 5.32 Å². The standard InChI is InChI=1S/C15H22N2O3/c1-2-4-14(18)17-8-6-12(7-9-17)15(19)16-11-13-5-3-10-20-13/h3,5,10,12H,2,4,6-9,11H2,1H3,(H,16,19). The van der Waals surface area contributed by atoms with Gasteiger partial charge in [-0.25, -0.2) is 0 Å². The lowest BCUT2D eigenvalue weighted by atomic mass is 9.95. The lowest BCUT2D eigenvalue weighted by Gasteiger charge is -2.31. The molecule has 5 nitrogen and oxygen atoms in total. The van der Waals surface area contributed by atoms with E-state index in [1.54, 1.807) is 12.3 Å². The Morgan fingerprint density at radius 1 is 1.40 bits per heavy atom. The third-order valence-electron chi connectivity index (χ3n) is 3.70. The van der Waals surface area contributed by atoms with Crippen LogP contribution in [-0.2, 0) is 16.1 Å². The number of rotatable bonds is 5. The number of carbonyl (C=O) groups is 2. The molecule has 110 valence electrons. The minimum absolute atomic E-state index is 0.00985. The van der Waals surface area contributed by atoms with Gasteiger partial charge in [-0.3, -0.25) is 9.59 Å². The van der Waals surface area contributed by atoms with Crippen LogP contribution in [0, 0.1) is 5.92 Å². The van der Waals surface area contributed by atoms with Gasteiger partial charge in [0.1, 0.15) is 5.76 Å². The van der Waals surface area contributed by atoms with Gasteiger partial charge in [0, 0.05) is 25.4 Å². The first-order valence-corrected chi connectivity index (χ1v) is 7.28. The molecule has 0 bridgehead atoms. The lowest BCUT2D eigenvalue weighted by Crippen LogP contribution is -2.42. The Morgan fingerprint density at radius 3 is 2.75 bits per heavy atom. The zero-order valence-corrected chi connectivity index (χ0v) is 11.9. The van der Waals surface area contributed by atoms with Crippen molar-refractivity contribution >= 4 is 11.8 Å². The van der Waals surface area contributed by atoms with E-state index in [1.165, 1.54) is 0 Å². The molecule has 1 aromatic heterocycles. The third kappa shape index (κ3) is 3.85. The number of amides is 2. The molecule has 1 aromatic rings. The highest BCUT2D eigenvalue weighted by Gasteiger charge is 2.26. The maximum Gasteiger partial charge on any atom is 0.223 e. The molecule has 2 heterocycles. The van der Waals surface area contributed by atoms with E-state index in [0.29, 0.717) is 26.1 Å². The molecule has 0 spiro atoms. The quantitative estimate of drug-likeness (QED) is 0.895. The third-order valence-corrected chi connectivity index (χ3v) is 3.70. The van der Waals surface area contributed by atoms with Crippen molar-refractivity contribution in [3.05, 3.63) is 24.2 Å². The van der Waals surface area contributed by atoms with Crippen molar-refractivity contribution in [2.45, 2.75) is 39.2 Å². The van der Waals surface area contributed by atoms with Crippen LogP contribution in [0.15, 0.2) is 22.8 Å². The Balaban J connectivity index is 1.73. The van der Waals surface area contributed by atoms with Crippen LogP contribution in [0.4, 0.5) is 0 Å². The predicted molar refractivity (Wildman–Crippen MR) is 74.8 cm³/mol. The lowest BCUT2D eigenvalue weighted by molar-refractivity contribution is -0.135. The van der Waals surface area contributed by atoms with Gasteiger partial charge >= 0.3 is 0 Å². The summed E-state index contributed by atoms with van der Waals surface area (Å²) in [6, 6.07) is 3.64. The van der Waals surface area contributed by atoms with Crippen molar-refractivity contribution in [2.24, 2.45) is 5.92 Å². The number of nitrogens with one attached hydrogen (secondary N) is 1. The monoisotopic (exact) mass is 278 g/mol. The average molecular weight is 278 g/mol. The topological polar surface area (TPSA) is 62.6 Å². The molecule has 0 aliphatic carbocycles. The molecule has 0 saturated carbocycles. The van der Waals surface area contributed by atoms with E-state index < -0.39 is 0 Å². The Bertz CT molecular complexity index is 434. The summed E-state index contributed by atoms with van der Waals surface area (Å²) in [4.78, 5) is 25.7. The molecule has 1 fully saturated rings. The van der Waals surface area contributed by atoms with Gasteiger partial charge in [0.25, 0.3) is 0 Å². The molecule has 1 saturated heterocycles. The highest BCUT2D eigenvalue weighted by Crippen LogP contribution is 2.18. The molecule has 0 atom stereocenters. The summed E-state index contributed by atoms with van der Waals surface area (Å²) in [5.74, 6) is 1.04. The summed E-state index contributed by atoms with van der Waals surface area (Å²) < 4.78 is 5.18. The van der Waals surface area contributed by atoms with Crippen molar-refractivity contribution in [1.29, 1.82) is 0 Å². The van der Waals surface area contributed by atoms with Gasteiger partial charge in [0.2, 0.25) is 11.8 Å². The molecular formula is C15H22N2O3. The number of furan rings is 1. The molecule has 1 aliphatic rings. The SMILES string of the molecule is CCCC(=O)N1CCC(C(=O)NCc2ccco2)CC1. The van der Waals surface area contributed by atoms with E-state index in [-0.39, 0.29) is 17.7 Å². The summed E-state index contributed by atoms with van der Waals surface area (Å²) in [5, 5.41) is 2.89. The van der Waals surface area contributed by atoms with Crippen LogP contribution >= 0.6 is 0 Å². The first kappa shape index (κ1) is 14.6. The smallest absolute Gasteiger partial charge is 0.223 e. The molecule has 0 aromatic carbocycles. The van der Waals surface area contributed by atoms with Gasteiger partial charge in [-0.15, -0.1) is 0 Å². The summed E-state index contributed by atoms with van der Waals surface area (Å²) in [6.45, 7) is 3.82. The molecular weight excluding hydrogens is 256 g/mol. The number of nitrogens with zero attached hydrogens (tertiary/aromatic N) is 1. The normalized spacial score (nSPS) is 16.1. The van der Waals surface area contributed by atoms with Crippen molar-refractivity contribution in [3.63, 3.8) is 0 Å². The maximum absolute atomic E-state index is 12.0. The van der Waals surface area contributed by atoms with Crippen LogP contribution in [0.1, 0.15) is 38.4 Å². The summed E-state index contributed by atoms with van der Waals surface area (Å²) in [6.07, 6.45) is 4.58. The molecule has 0 unspecified atom stereocenters. The van der Waals surface area contributed by atoms with Crippen LogP contribution in [0.3, 0.4) is 0 Å². The van der Waals surface area contributed by atoms with Crippen LogP contribution in [0.25, 0.3) is 0 Å². The second-order valence-electron chi connectivity index (χ2n) is 5.20. The predicted octanol–water partition coefficient (Wildman–Crippen LogP) is 1.93. The second-order valence-corrected chi connectivity index (χ2v) is 5.20. The highest BCUT2D eigenvalue weighted by molar-refractivity contribution is 5.80. The molecule has 0 radical (unpaired) electrons. The van der Waals surface area contributed by atoms with E-state index >= 15 is 0 Å². The summed E-state index contributed by atoms with van der Waals surface area (Å²) in [5.41, 5.74) is 0. The molecule has 20 heavy (non-hydrogen) atoms. The highest BCUT2D eigenvalue weighted by atomic mass is 16.3. The van der Waals surface area contributed by atoms with E-state index in [9.17, 15) is 9.59 Å². The van der Waals surface area contributed by atoms with Gasteiger partial charge in [-0.05, 0) is 31.4 Å². The van der Waals surface area contributed by atoms with Crippen molar-refractivity contribution in [3.8, 4) is 0 Å². The zero-order valence-electron chi connectivity index (χ0n) is 11.9. The zero-order chi connectivity index (χ0) is 14.4. The number of piperidine rings is 1. The van der Waals surface area contributed by atoms with Crippen LogP contribution in [-0.4, -0.2) is 29.8 Å². The fourth-order valence-electron chi connectivity index (χ4n) is 2.49. The Hall–Kier alpha value is -1.78. The minimum atomic E-state index is 0.00985. The van der Waals surface area contributed by atoms with Gasteiger partial charge in [0.05, 0.1) is 12.8 Å². The maximum atomic E-state index is 12.0. The second kappa shape index (κ2) is 7.12. The fourth-order valence-corrected chi connectivity index (χ4v) is 2.49. The number of likely N-dealkylation sites (tertiary alicyclic amines) is 1. The summed E-state index contributed by atoms with van der Waals surface area (Å²) in [7, 11) is 0. The van der Waals surface area contributed by atoms with Gasteiger partial charge in [-0.1, -0.05) is 6.92 Å². The van der Waals surface area contributed by atoms with Crippen molar-refractivity contribution in [2.75, 3.05) is 13.1 Å². The van der Waals surface area contributed by atoms with Crippen LogP contribution in [0.2, 0.25) is 0 Å². The molecule has 1 N–H and O–H groups in total. The first-order valence-electron chi connectivity index (χ1n) is 7.28. The molecule has 5 heteroatoms. The van der Waals surface area contributed by atoms with E-state index in [1.807, 2.05) is 17.9 Å². The molecule has 1 aliphatic heterocycles. The van der Waals surface area contributed by atoms with E-state index in [0.717, 1.165) is 25.0 Å². The minimum Gasteiger partial charge on any atom is -0.467 e. The average Bonchev–Trinajstić information content (AvgIpc) is 2.98. The number of carbonyl (C=O) groups excluding carboxylic acids is 2. The Labute approximate surface area is 119 Å². The molecule has 2 amide bonds.